The van der Waals surface area contributed by atoms with E-state index in [0.717, 1.165) is 0 Å². The van der Waals surface area contributed by atoms with E-state index in [4.69, 9.17) is 0 Å². The van der Waals surface area contributed by atoms with Gasteiger partial charge in [-0.1, -0.05) is 0 Å². The first-order chi connectivity index (χ1) is 8.13. The van der Waals surface area contributed by atoms with E-state index in [-0.39, 0.29) is 24.6 Å². The van der Waals surface area contributed by atoms with Crippen molar-refractivity contribution in [2.75, 3.05) is 18.6 Å². The fourth-order valence-electron chi connectivity index (χ4n) is 1.84. The van der Waals surface area contributed by atoms with Crippen molar-refractivity contribution >= 4 is 17.6 Å². The standard InChI is InChI=1S/C11H11FN2O3/c1-17-11(16)7-5-9(15)14(6-7)8-3-2-4-13-10(8)12/h2-4,7H,5-6H2,1H3. The third kappa shape index (κ3) is 2.11. The number of halogens is 1. The van der Waals surface area contributed by atoms with Crippen molar-refractivity contribution in [3.63, 3.8) is 0 Å². The van der Waals surface area contributed by atoms with Crippen LogP contribution in [0, 0.1) is 11.9 Å². The SMILES string of the molecule is COC(=O)C1CC(=O)N(c2cccnc2F)C1. The molecule has 0 saturated carbocycles. The third-order valence-corrected chi connectivity index (χ3v) is 2.69. The zero-order valence-electron chi connectivity index (χ0n) is 9.22. The Kier molecular flexibility index (Phi) is 3.03. The van der Waals surface area contributed by atoms with Gasteiger partial charge in [-0.3, -0.25) is 9.59 Å². The number of methoxy groups -OCH3 is 1. The number of hydrogen-bond donors (Lipinski definition) is 0. The van der Waals surface area contributed by atoms with Crippen LogP contribution in [-0.4, -0.2) is 30.5 Å². The van der Waals surface area contributed by atoms with Crippen LogP contribution in [-0.2, 0) is 14.3 Å². The fourth-order valence-corrected chi connectivity index (χ4v) is 1.84. The Bertz CT molecular complexity index is 464. The summed E-state index contributed by atoms with van der Waals surface area (Å²) in [5, 5.41) is 0. The number of esters is 1. The first-order valence-electron chi connectivity index (χ1n) is 5.12. The van der Waals surface area contributed by atoms with Gasteiger partial charge in [-0.15, -0.1) is 0 Å². The number of aromatic nitrogens is 1. The lowest BCUT2D eigenvalue weighted by Crippen LogP contribution is -2.27. The predicted molar refractivity (Wildman–Crippen MR) is 56.7 cm³/mol. The third-order valence-electron chi connectivity index (χ3n) is 2.69. The molecule has 0 N–H and O–H groups in total. The summed E-state index contributed by atoms with van der Waals surface area (Å²) < 4.78 is 18.0. The molecule has 0 radical (unpaired) electrons. The molecule has 2 rings (SSSR count). The summed E-state index contributed by atoms with van der Waals surface area (Å²) in [6.45, 7) is 0.133. The predicted octanol–water partition coefficient (Wildman–Crippen LogP) is 0.747. The second-order valence-corrected chi connectivity index (χ2v) is 3.74. The number of amides is 1. The Hall–Kier alpha value is -1.98. The van der Waals surface area contributed by atoms with Crippen LogP contribution in [0.1, 0.15) is 6.42 Å². The summed E-state index contributed by atoms with van der Waals surface area (Å²) in [6.07, 6.45) is 1.35. The molecule has 1 aliphatic rings. The van der Waals surface area contributed by atoms with Gasteiger partial charge in [0.05, 0.1) is 18.7 Å². The molecule has 1 amide bonds. The molecule has 1 unspecified atom stereocenters. The largest absolute Gasteiger partial charge is 0.469 e. The molecule has 17 heavy (non-hydrogen) atoms. The van der Waals surface area contributed by atoms with Crippen LogP contribution in [0.5, 0.6) is 0 Å². The molecule has 0 aromatic carbocycles. The van der Waals surface area contributed by atoms with Crippen LogP contribution in [0.4, 0.5) is 10.1 Å². The van der Waals surface area contributed by atoms with E-state index in [1.54, 1.807) is 0 Å². The molecule has 1 saturated heterocycles. The van der Waals surface area contributed by atoms with Gasteiger partial charge in [0.15, 0.2) is 0 Å². The van der Waals surface area contributed by atoms with Crippen LogP contribution in [0.2, 0.25) is 0 Å². The Morgan fingerprint density at radius 3 is 3.06 bits per heavy atom. The number of hydrogen-bond acceptors (Lipinski definition) is 4. The lowest BCUT2D eigenvalue weighted by Gasteiger charge is -2.16. The first kappa shape index (κ1) is 11.5. The molecule has 1 fully saturated rings. The van der Waals surface area contributed by atoms with Crippen LogP contribution >= 0.6 is 0 Å². The molecular weight excluding hydrogens is 227 g/mol. The van der Waals surface area contributed by atoms with Gasteiger partial charge >= 0.3 is 5.97 Å². The number of pyridine rings is 1. The van der Waals surface area contributed by atoms with E-state index < -0.39 is 17.8 Å². The number of nitrogens with zero attached hydrogens (tertiary/aromatic N) is 2. The van der Waals surface area contributed by atoms with Crippen molar-refractivity contribution < 1.29 is 18.7 Å². The first-order valence-corrected chi connectivity index (χ1v) is 5.12. The van der Waals surface area contributed by atoms with Gasteiger partial charge < -0.3 is 9.64 Å². The Morgan fingerprint density at radius 1 is 1.65 bits per heavy atom. The summed E-state index contributed by atoms with van der Waals surface area (Å²) in [4.78, 5) is 27.7. The minimum atomic E-state index is -0.716. The molecular formula is C11H11FN2O3. The van der Waals surface area contributed by atoms with Gasteiger partial charge in [-0.2, -0.15) is 4.39 Å². The molecule has 0 bridgehead atoms. The number of anilines is 1. The highest BCUT2D eigenvalue weighted by Gasteiger charge is 2.36. The lowest BCUT2D eigenvalue weighted by molar-refractivity contribution is -0.145. The van der Waals surface area contributed by atoms with Crippen molar-refractivity contribution in [3.8, 4) is 0 Å². The van der Waals surface area contributed by atoms with Crippen LogP contribution in [0.25, 0.3) is 0 Å². The van der Waals surface area contributed by atoms with Gasteiger partial charge in [-0.25, -0.2) is 4.98 Å². The number of carbonyl (C=O) groups excluding carboxylic acids is 2. The van der Waals surface area contributed by atoms with Crippen LogP contribution in [0.15, 0.2) is 18.3 Å². The Balaban J connectivity index is 2.22. The number of ether oxygens (including phenoxy) is 1. The molecule has 1 aromatic rings. The van der Waals surface area contributed by atoms with Gasteiger partial charge in [-0.05, 0) is 12.1 Å². The van der Waals surface area contributed by atoms with Crippen molar-refractivity contribution in [3.05, 3.63) is 24.3 Å². The minimum absolute atomic E-state index is 0.0427. The molecule has 6 heteroatoms. The van der Waals surface area contributed by atoms with Gasteiger partial charge in [0.1, 0.15) is 0 Å². The second kappa shape index (κ2) is 4.48. The van der Waals surface area contributed by atoms with Crippen molar-refractivity contribution in [2.45, 2.75) is 6.42 Å². The Labute approximate surface area is 97.2 Å². The van der Waals surface area contributed by atoms with E-state index in [1.807, 2.05) is 0 Å². The average Bonchev–Trinajstić information content (AvgIpc) is 2.71. The second-order valence-electron chi connectivity index (χ2n) is 3.74. The van der Waals surface area contributed by atoms with Gasteiger partial charge in [0.2, 0.25) is 11.9 Å². The number of rotatable bonds is 2. The summed E-state index contributed by atoms with van der Waals surface area (Å²) >= 11 is 0. The summed E-state index contributed by atoms with van der Waals surface area (Å²) in [5.41, 5.74) is 0.101. The molecule has 1 aliphatic heterocycles. The van der Waals surface area contributed by atoms with E-state index in [9.17, 15) is 14.0 Å². The summed E-state index contributed by atoms with van der Waals surface area (Å²) in [5.74, 6) is -2.00. The highest BCUT2D eigenvalue weighted by molar-refractivity contribution is 5.99. The van der Waals surface area contributed by atoms with Gasteiger partial charge in [0, 0.05) is 19.2 Å². The molecule has 0 spiro atoms. The highest BCUT2D eigenvalue weighted by atomic mass is 19.1. The molecule has 5 nitrogen and oxygen atoms in total. The van der Waals surface area contributed by atoms with Crippen LogP contribution in [0.3, 0.4) is 0 Å². The van der Waals surface area contributed by atoms with E-state index >= 15 is 0 Å². The van der Waals surface area contributed by atoms with E-state index in [0.29, 0.717) is 0 Å². The zero-order chi connectivity index (χ0) is 12.4. The average molecular weight is 238 g/mol. The molecule has 0 aliphatic carbocycles. The van der Waals surface area contributed by atoms with Crippen LogP contribution < -0.4 is 4.90 Å². The summed E-state index contributed by atoms with van der Waals surface area (Å²) in [6, 6.07) is 3.00. The molecule has 1 aromatic heterocycles. The molecule has 2 heterocycles. The zero-order valence-corrected chi connectivity index (χ0v) is 9.22. The maximum Gasteiger partial charge on any atom is 0.311 e. The maximum atomic E-state index is 13.4. The van der Waals surface area contributed by atoms with Gasteiger partial charge in [0.25, 0.3) is 0 Å². The highest BCUT2D eigenvalue weighted by Crippen LogP contribution is 2.26. The van der Waals surface area contributed by atoms with Crippen molar-refractivity contribution in [2.24, 2.45) is 5.92 Å². The van der Waals surface area contributed by atoms with E-state index in [2.05, 4.69) is 9.72 Å². The molecule has 1 atom stereocenters. The Morgan fingerprint density at radius 2 is 2.41 bits per heavy atom. The quantitative estimate of drug-likeness (QED) is 0.563. The fraction of sp³-hybridized carbons (Fsp3) is 0.364. The topological polar surface area (TPSA) is 59.5 Å². The van der Waals surface area contributed by atoms with E-state index in [1.165, 1.54) is 30.3 Å². The summed E-state index contributed by atoms with van der Waals surface area (Å²) in [7, 11) is 1.26. The monoisotopic (exact) mass is 238 g/mol. The van der Waals surface area contributed by atoms with Crippen molar-refractivity contribution in [1.82, 2.24) is 4.98 Å². The van der Waals surface area contributed by atoms with Crippen molar-refractivity contribution in [1.29, 1.82) is 0 Å². The molecule has 90 valence electrons. The normalized spacial score (nSPS) is 19.5. The smallest absolute Gasteiger partial charge is 0.311 e. The lowest BCUT2D eigenvalue weighted by atomic mass is 10.1. The minimum Gasteiger partial charge on any atom is -0.469 e. The maximum absolute atomic E-state index is 13.4. The number of carbonyl (C=O) groups is 2.